The van der Waals surface area contributed by atoms with Crippen molar-refractivity contribution in [1.29, 1.82) is 0 Å². The zero-order valence-electron chi connectivity index (χ0n) is 16.6. The SMILES string of the molecule is CCCOc1ccc(C(=O)N(C)CC(=O)Nc2c(Cl)cccc2Cl)cc1OCC. The van der Waals surface area contributed by atoms with Crippen molar-refractivity contribution in [2.24, 2.45) is 0 Å². The highest BCUT2D eigenvalue weighted by Gasteiger charge is 2.18. The first-order chi connectivity index (χ1) is 13.9. The van der Waals surface area contributed by atoms with Crippen LogP contribution in [0.2, 0.25) is 10.0 Å². The number of carbonyl (C=O) groups is 2. The first-order valence-corrected chi connectivity index (χ1v) is 10.0. The number of rotatable bonds is 9. The number of halogens is 2. The molecule has 0 heterocycles. The summed E-state index contributed by atoms with van der Waals surface area (Å²) in [6, 6.07) is 9.89. The summed E-state index contributed by atoms with van der Waals surface area (Å²) >= 11 is 12.1. The Labute approximate surface area is 180 Å². The fourth-order valence-electron chi connectivity index (χ4n) is 2.54. The van der Waals surface area contributed by atoms with Crippen LogP contribution in [0.4, 0.5) is 5.69 Å². The van der Waals surface area contributed by atoms with Crippen LogP contribution in [-0.2, 0) is 4.79 Å². The molecule has 0 saturated carbocycles. The molecular weight excluding hydrogens is 415 g/mol. The lowest BCUT2D eigenvalue weighted by Crippen LogP contribution is -2.35. The molecule has 0 aliphatic rings. The van der Waals surface area contributed by atoms with Gasteiger partial charge in [-0.1, -0.05) is 36.2 Å². The highest BCUT2D eigenvalue weighted by atomic mass is 35.5. The molecule has 0 aromatic heterocycles. The summed E-state index contributed by atoms with van der Waals surface area (Å²) in [6.45, 7) is 4.69. The molecule has 0 unspecified atom stereocenters. The number of para-hydroxylation sites is 1. The number of amides is 2. The number of likely N-dealkylation sites (N-methyl/N-ethyl adjacent to an activating group) is 1. The van der Waals surface area contributed by atoms with Gasteiger partial charge in [0.15, 0.2) is 11.5 Å². The topological polar surface area (TPSA) is 67.9 Å². The number of nitrogens with zero attached hydrogens (tertiary/aromatic N) is 1. The quantitative estimate of drug-likeness (QED) is 0.604. The van der Waals surface area contributed by atoms with Gasteiger partial charge in [0.1, 0.15) is 0 Å². The van der Waals surface area contributed by atoms with Crippen molar-refractivity contribution < 1.29 is 19.1 Å². The van der Waals surface area contributed by atoms with Gasteiger partial charge in [-0.3, -0.25) is 9.59 Å². The van der Waals surface area contributed by atoms with Crippen molar-refractivity contribution in [3.8, 4) is 11.5 Å². The van der Waals surface area contributed by atoms with Crippen molar-refractivity contribution in [3.63, 3.8) is 0 Å². The third-order valence-electron chi connectivity index (χ3n) is 3.91. The lowest BCUT2D eigenvalue weighted by molar-refractivity contribution is -0.116. The molecule has 2 aromatic carbocycles. The fourth-order valence-corrected chi connectivity index (χ4v) is 3.04. The van der Waals surface area contributed by atoms with Gasteiger partial charge >= 0.3 is 0 Å². The second-order valence-corrected chi connectivity index (χ2v) is 7.06. The Bertz CT molecular complexity index is 854. The van der Waals surface area contributed by atoms with Crippen molar-refractivity contribution in [2.75, 3.05) is 32.1 Å². The molecular formula is C21H24Cl2N2O4. The van der Waals surface area contributed by atoms with E-state index in [1.165, 1.54) is 11.9 Å². The molecule has 0 spiro atoms. The summed E-state index contributed by atoms with van der Waals surface area (Å²) in [5.74, 6) is 0.337. The van der Waals surface area contributed by atoms with E-state index < -0.39 is 5.91 Å². The van der Waals surface area contributed by atoms with Crippen LogP contribution in [0.25, 0.3) is 0 Å². The summed E-state index contributed by atoms with van der Waals surface area (Å²) in [5.41, 5.74) is 0.709. The van der Waals surface area contributed by atoms with Crippen LogP contribution in [0, 0.1) is 0 Å². The molecule has 0 bridgehead atoms. The van der Waals surface area contributed by atoms with E-state index in [1.807, 2.05) is 13.8 Å². The summed E-state index contributed by atoms with van der Waals surface area (Å²) in [5, 5.41) is 3.28. The van der Waals surface area contributed by atoms with Crippen molar-refractivity contribution >= 4 is 40.7 Å². The maximum absolute atomic E-state index is 12.7. The zero-order chi connectivity index (χ0) is 21.4. The number of ether oxygens (including phenoxy) is 2. The Hall–Kier alpha value is -2.44. The molecule has 6 nitrogen and oxygen atoms in total. The van der Waals surface area contributed by atoms with E-state index in [-0.39, 0.29) is 12.5 Å². The monoisotopic (exact) mass is 438 g/mol. The van der Waals surface area contributed by atoms with Crippen LogP contribution < -0.4 is 14.8 Å². The smallest absolute Gasteiger partial charge is 0.254 e. The maximum atomic E-state index is 12.7. The third-order valence-corrected chi connectivity index (χ3v) is 4.54. The molecule has 156 valence electrons. The molecule has 2 rings (SSSR count). The molecule has 0 radical (unpaired) electrons. The van der Waals surface area contributed by atoms with Gasteiger partial charge in [0, 0.05) is 12.6 Å². The lowest BCUT2D eigenvalue weighted by Gasteiger charge is -2.19. The van der Waals surface area contributed by atoms with Gasteiger partial charge in [0.2, 0.25) is 5.91 Å². The number of anilines is 1. The molecule has 0 atom stereocenters. The van der Waals surface area contributed by atoms with E-state index in [0.717, 1.165) is 6.42 Å². The highest BCUT2D eigenvalue weighted by Crippen LogP contribution is 2.30. The summed E-state index contributed by atoms with van der Waals surface area (Å²) in [6.07, 6.45) is 0.861. The predicted molar refractivity (Wildman–Crippen MR) is 115 cm³/mol. The number of hydrogen-bond acceptors (Lipinski definition) is 4. The third kappa shape index (κ3) is 6.27. The number of carbonyl (C=O) groups excluding carboxylic acids is 2. The summed E-state index contributed by atoms with van der Waals surface area (Å²) in [4.78, 5) is 26.4. The molecule has 8 heteroatoms. The normalized spacial score (nSPS) is 10.4. The molecule has 1 N–H and O–H groups in total. The van der Waals surface area contributed by atoms with E-state index in [0.29, 0.717) is 46.0 Å². The zero-order valence-corrected chi connectivity index (χ0v) is 18.1. The van der Waals surface area contributed by atoms with Crippen molar-refractivity contribution in [2.45, 2.75) is 20.3 Å². The molecule has 2 aromatic rings. The second kappa shape index (κ2) is 10.9. The Morgan fingerprint density at radius 1 is 1.03 bits per heavy atom. The molecule has 0 fully saturated rings. The minimum atomic E-state index is -0.413. The number of hydrogen-bond donors (Lipinski definition) is 1. The molecule has 29 heavy (non-hydrogen) atoms. The molecule has 0 aliphatic heterocycles. The summed E-state index contributed by atoms with van der Waals surface area (Å²) < 4.78 is 11.2. The van der Waals surface area contributed by atoms with E-state index in [2.05, 4.69) is 5.32 Å². The van der Waals surface area contributed by atoms with Crippen LogP contribution >= 0.6 is 23.2 Å². The van der Waals surface area contributed by atoms with Gasteiger partial charge in [0.05, 0.1) is 35.5 Å². The lowest BCUT2D eigenvalue weighted by atomic mass is 10.1. The average Bonchev–Trinajstić information content (AvgIpc) is 2.69. The first kappa shape index (κ1) is 22.8. The minimum Gasteiger partial charge on any atom is -0.490 e. The second-order valence-electron chi connectivity index (χ2n) is 6.25. The van der Waals surface area contributed by atoms with Crippen LogP contribution in [-0.4, -0.2) is 43.5 Å². The Morgan fingerprint density at radius 2 is 1.72 bits per heavy atom. The van der Waals surface area contributed by atoms with E-state index >= 15 is 0 Å². The van der Waals surface area contributed by atoms with Crippen LogP contribution in [0.15, 0.2) is 36.4 Å². The van der Waals surface area contributed by atoms with Crippen LogP contribution in [0.5, 0.6) is 11.5 Å². The minimum absolute atomic E-state index is 0.168. The average molecular weight is 439 g/mol. The largest absolute Gasteiger partial charge is 0.490 e. The summed E-state index contributed by atoms with van der Waals surface area (Å²) in [7, 11) is 1.54. The van der Waals surface area contributed by atoms with Gasteiger partial charge < -0.3 is 19.7 Å². The van der Waals surface area contributed by atoms with Crippen molar-refractivity contribution in [3.05, 3.63) is 52.0 Å². The van der Waals surface area contributed by atoms with Gasteiger partial charge in [-0.05, 0) is 43.7 Å². The maximum Gasteiger partial charge on any atom is 0.254 e. The van der Waals surface area contributed by atoms with E-state index in [1.54, 1.807) is 36.4 Å². The van der Waals surface area contributed by atoms with Crippen LogP contribution in [0.1, 0.15) is 30.6 Å². The van der Waals surface area contributed by atoms with Gasteiger partial charge in [-0.25, -0.2) is 0 Å². The molecule has 0 aliphatic carbocycles. The number of benzene rings is 2. The van der Waals surface area contributed by atoms with E-state index in [9.17, 15) is 9.59 Å². The standard InChI is InChI=1S/C21H24Cl2N2O4/c1-4-11-29-17-10-9-14(12-18(17)28-5-2)21(27)25(3)13-19(26)24-20-15(22)7-6-8-16(20)23/h6-10,12H,4-5,11,13H2,1-3H3,(H,24,26). The predicted octanol–water partition coefficient (Wildman–Crippen LogP) is 4.89. The number of nitrogens with one attached hydrogen (secondary N) is 1. The Morgan fingerprint density at radius 3 is 2.34 bits per heavy atom. The van der Waals surface area contributed by atoms with Gasteiger partial charge in [0.25, 0.3) is 5.91 Å². The van der Waals surface area contributed by atoms with Gasteiger partial charge in [-0.2, -0.15) is 0 Å². The van der Waals surface area contributed by atoms with Crippen LogP contribution in [0.3, 0.4) is 0 Å². The fraction of sp³-hybridized carbons (Fsp3) is 0.333. The first-order valence-electron chi connectivity index (χ1n) is 9.26. The Kier molecular flexibility index (Phi) is 8.61. The van der Waals surface area contributed by atoms with Gasteiger partial charge in [-0.15, -0.1) is 0 Å². The Balaban J connectivity index is 2.08. The molecule has 0 saturated heterocycles. The highest BCUT2D eigenvalue weighted by molar-refractivity contribution is 6.39. The molecule has 2 amide bonds. The van der Waals surface area contributed by atoms with E-state index in [4.69, 9.17) is 32.7 Å². The van der Waals surface area contributed by atoms with Crippen molar-refractivity contribution in [1.82, 2.24) is 4.90 Å².